The zero-order valence-electron chi connectivity index (χ0n) is 12.3. The van der Waals surface area contributed by atoms with Crippen molar-refractivity contribution in [1.82, 2.24) is 10.2 Å². The Morgan fingerprint density at radius 3 is 2.55 bits per heavy atom. The average molecular weight is 276 g/mol. The Balaban J connectivity index is 1.98. The highest BCUT2D eigenvalue weighted by molar-refractivity contribution is 5.95. The van der Waals surface area contributed by atoms with Crippen molar-refractivity contribution in [2.75, 3.05) is 44.4 Å². The standard InChI is InChI=1S/C15H24N4O/c1-16-11-15(20)18-14-6-4-3-5-13(14)17-12-7-9-19(2)10-8-12/h3-6,12,16-17H,7-11H2,1-2H3,(H,18,20). The van der Waals surface area contributed by atoms with Crippen LogP contribution in [0.5, 0.6) is 0 Å². The molecule has 3 N–H and O–H groups in total. The highest BCUT2D eigenvalue weighted by Crippen LogP contribution is 2.24. The molecule has 1 aliphatic rings. The second kappa shape index (κ2) is 7.26. The highest BCUT2D eigenvalue weighted by Gasteiger charge is 2.17. The lowest BCUT2D eigenvalue weighted by molar-refractivity contribution is -0.115. The van der Waals surface area contributed by atoms with Crippen molar-refractivity contribution in [3.8, 4) is 0 Å². The van der Waals surface area contributed by atoms with Crippen molar-refractivity contribution in [3.05, 3.63) is 24.3 Å². The zero-order valence-corrected chi connectivity index (χ0v) is 12.3. The van der Waals surface area contributed by atoms with Gasteiger partial charge in [-0.15, -0.1) is 0 Å². The number of amides is 1. The molecular formula is C15H24N4O. The summed E-state index contributed by atoms with van der Waals surface area (Å²) in [5.41, 5.74) is 1.86. The number of carbonyl (C=O) groups excluding carboxylic acids is 1. The minimum Gasteiger partial charge on any atom is -0.381 e. The van der Waals surface area contributed by atoms with Crippen LogP contribution in [0.4, 0.5) is 11.4 Å². The summed E-state index contributed by atoms with van der Waals surface area (Å²) in [5.74, 6) is -0.0230. The van der Waals surface area contributed by atoms with Gasteiger partial charge >= 0.3 is 0 Å². The molecule has 2 rings (SSSR count). The SMILES string of the molecule is CNCC(=O)Nc1ccccc1NC1CCN(C)CC1. The van der Waals surface area contributed by atoms with Gasteiger partial charge in [0.1, 0.15) is 0 Å². The lowest BCUT2D eigenvalue weighted by atomic mass is 10.0. The third kappa shape index (κ3) is 4.21. The number of likely N-dealkylation sites (tertiary alicyclic amines) is 1. The van der Waals surface area contributed by atoms with Crippen LogP contribution >= 0.6 is 0 Å². The first-order chi connectivity index (χ1) is 9.69. The number of para-hydroxylation sites is 2. The van der Waals surface area contributed by atoms with E-state index >= 15 is 0 Å². The van der Waals surface area contributed by atoms with Gasteiger partial charge in [0.05, 0.1) is 17.9 Å². The number of carbonyl (C=O) groups is 1. The molecule has 0 atom stereocenters. The zero-order chi connectivity index (χ0) is 14.4. The fraction of sp³-hybridized carbons (Fsp3) is 0.533. The molecule has 0 bridgehead atoms. The molecular weight excluding hydrogens is 252 g/mol. The van der Waals surface area contributed by atoms with Crippen molar-refractivity contribution in [2.24, 2.45) is 0 Å². The summed E-state index contributed by atoms with van der Waals surface area (Å²) in [6.07, 6.45) is 2.27. The van der Waals surface area contributed by atoms with Gasteiger partial charge in [0.2, 0.25) is 5.91 Å². The van der Waals surface area contributed by atoms with Gasteiger partial charge in [-0.2, -0.15) is 0 Å². The van der Waals surface area contributed by atoms with E-state index < -0.39 is 0 Å². The van der Waals surface area contributed by atoms with Crippen LogP contribution in [-0.4, -0.2) is 50.6 Å². The maximum absolute atomic E-state index is 11.7. The highest BCUT2D eigenvalue weighted by atomic mass is 16.1. The molecule has 110 valence electrons. The smallest absolute Gasteiger partial charge is 0.238 e. The summed E-state index contributed by atoms with van der Waals surface area (Å²) in [6, 6.07) is 8.37. The molecule has 0 saturated carbocycles. The molecule has 1 heterocycles. The summed E-state index contributed by atoms with van der Waals surface area (Å²) < 4.78 is 0. The van der Waals surface area contributed by atoms with Crippen molar-refractivity contribution >= 4 is 17.3 Å². The van der Waals surface area contributed by atoms with Gasteiger partial charge in [0.25, 0.3) is 0 Å². The Labute approximate surface area is 120 Å². The molecule has 1 aromatic rings. The second-order valence-electron chi connectivity index (χ2n) is 5.35. The van der Waals surface area contributed by atoms with Crippen molar-refractivity contribution in [2.45, 2.75) is 18.9 Å². The van der Waals surface area contributed by atoms with Crippen LogP contribution in [0.2, 0.25) is 0 Å². The molecule has 0 radical (unpaired) electrons. The van der Waals surface area contributed by atoms with Gasteiger partial charge in [-0.25, -0.2) is 0 Å². The summed E-state index contributed by atoms with van der Waals surface area (Å²) >= 11 is 0. The average Bonchev–Trinajstić information content (AvgIpc) is 2.44. The van der Waals surface area contributed by atoms with Crippen LogP contribution in [0.25, 0.3) is 0 Å². The van der Waals surface area contributed by atoms with Gasteiger partial charge in [-0.05, 0) is 52.2 Å². The molecule has 5 heteroatoms. The van der Waals surface area contributed by atoms with E-state index in [1.165, 1.54) is 0 Å². The molecule has 1 aliphatic heterocycles. The fourth-order valence-electron chi connectivity index (χ4n) is 2.45. The summed E-state index contributed by atoms with van der Waals surface area (Å²) in [4.78, 5) is 14.0. The van der Waals surface area contributed by atoms with Gasteiger partial charge < -0.3 is 20.9 Å². The van der Waals surface area contributed by atoms with E-state index in [1.54, 1.807) is 7.05 Å². The Bertz CT molecular complexity index is 441. The van der Waals surface area contributed by atoms with E-state index in [4.69, 9.17) is 0 Å². The number of rotatable bonds is 5. The molecule has 1 fully saturated rings. The normalized spacial score (nSPS) is 16.9. The predicted octanol–water partition coefficient (Wildman–Crippen LogP) is 1.35. The Morgan fingerprint density at radius 1 is 1.25 bits per heavy atom. The maximum Gasteiger partial charge on any atom is 0.238 e. The van der Waals surface area contributed by atoms with Gasteiger partial charge in [-0.1, -0.05) is 12.1 Å². The van der Waals surface area contributed by atoms with Gasteiger partial charge in [-0.3, -0.25) is 4.79 Å². The topological polar surface area (TPSA) is 56.4 Å². The summed E-state index contributed by atoms with van der Waals surface area (Å²) in [6.45, 7) is 2.56. The minimum atomic E-state index is -0.0230. The van der Waals surface area contributed by atoms with Crippen LogP contribution in [0.15, 0.2) is 24.3 Å². The summed E-state index contributed by atoms with van der Waals surface area (Å²) in [5, 5.41) is 9.35. The fourth-order valence-corrected chi connectivity index (χ4v) is 2.45. The minimum absolute atomic E-state index is 0.0230. The third-order valence-corrected chi connectivity index (χ3v) is 3.62. The Kier molecular flexibility index (Phi) is 5.38. The van der Waals surface area contributed by atoms with Gasteiger partial charge in [0.15, 0.2) is 0 Å². The number of piperidine rings is 1. The number of likely N-dealkylation sites (N-methyl/N-ethyl adjacent to an activating group) is 1. The Morgan fingerprint density at radius 2 is 1.90 bits per heavy atom. The largest absolute Gasteiger partial charge is 0.381 e. The van der Waals surface area contributed by atoms with Crippen LogP contribution in [0.1, 0.15) is 12.8 Å². The van der Waals surface area contributed by atoms with E-state index in [2.05, 4.69) is 27.9 Å². The number of nitrogens with zero attached hydrogens (tertiary/aromatic N) is 1. The van der Waals surface area contributed by atoms with E-state index in [0.717, 1.165) is 37.3 Å². The van der Waals surface area contributed by atoms with Crippen LogP contribution in [0, 0.1) is 0 Å². The van der Waals surface area contributed by atoms with Crippen LogP contribution in [0.3, 0.4) is 0 Å². The molecule has 0 spiro atoms. The van der Waals surface area contributed by atoms with Crippen LogP contribution < -0.4 is 16.0 Å². The Hall–Kier alpha value is -1.59. The first-order valence-corrected chi connectivity index (χ1v) is 7.17. The van der Waals surface area contributed by atoms with Gasteiger partial charge in [0, 0.05) is 6.04 Å². The first kappa shape index (κ1) is 14.8. The van der Waals surface area contributed by atoms with E-state index in [9.17, 15) is 4.79 Å². The van der Waals surface area contributed by atoms with E-state index in [0.29, 0.717) is 12.6 Å². The van der Waals surface area contributed by atoms with E-state index in [1.807, 2.05) is 24.3 Å². The third-order valence-electron chi connectivity index (χ3n) is 3.62. The number of hydrogen-bond donors (Lipinski definition) is 3. The molecule has 0 aliphatic carbocycles. The van der Waals surface area contributed by atoms with Crippen LogP contribution in [-0.2, 0) is 4.79 Å². The summed E-state index contributed by atoms with van der Waals surface area (Å²) in [7, 11) is 3.92. The van der Waals surface area contributed by atoms with Crippen molar-refractivity contribution < 1.29 is 4.79 Å². The second-order valence-corrected chi connectivity index (χ2v) is 5.35. The predicted molar refractivity (Wildman–Crippen MR) is 83.1 cm³/mol. The molecule has 0 unspecified atom stereocenters. The number of hydrogen-bond acceptors (Lipinski definition) is 4. The first-order valence-electron chi connectivity index (χ1n) is 7.17. The monoisotopic (exact) mass is 276 g/mol. The molecule has 1 saturated heterocycles. The van der Waals surface area contributed by atoms with Crippen molar-refractivity contribution in [1.29, 1.82) is 0 Å². The molecule has 20 heavy (non-hydrogen) atoms. The van der Waals surface area contributed by atoms with E-state index in [-0.39, 0.29) is 5.91 Å². The molecule has 0 aromatic heterocycles. The van der Waals surface area contributed by atoms with Crippen molar-refractivity contribution in [3.63, 3.8) is 0 Å². The lowest BCUT2D eigenvalue weighted by Gasteiger charge is -2.30. The number of anilines is 2. The quantitative estimate of drug-likeness (QED) is 0.760. The maximum atomic E-state index is 11.7. The molecule has 1 aromatic carbocycles. The number of nitrogens with one attached hydrogen (secondary N) is 3. The lowest BCUT2D eigenvalue weighted by Crippen LogP contribution is -2.37. The number of benzene rings is 1. The molecule has 1 amide bonds. The molecule has 5 nitrogen and oxygen atoms in total.